The van der Waals surface area contributed by atoms with Gasteiger partial charge in [-0.3, -0.25) is 9.59 Å². The van der Waals surface area contributed by atoms with Crippen molar-refractivity contribution in [1.82, 2.24) is 0 Å². The highest BCUT2D eigenvalue weighted by Gasteiger charge is 2.15. The topological polar surface area (TPSA) is 64.6 Å². The number of amides is 1. The van der Waals surface area contributed by atoms with Crippen LogP contribution < -0.4 is 14.8 Å². The Morgan fingerprint density at radius 2 is 1.71 bits per heavy atom. The Hall–Kier alpha value is -3.60. The summed E-state index contributed by atoms with van der Waals surface area (Å²) in [7, 11) is 0. The van der Waals surface area contributed by atoms with Gasteiger partial charge in [0.1, 0.15) is 24.4 Å². The number of nitrogens with one attached hydrogen (secondary N) is 1. The first-order chi connectivity index (χ1) is 13.6. The second kappa shape index (κ2) is 9.37. The lowest BCUT2D eigenvalue weighted by Crippen LogP contribution is -2.30. The molecule has 3 rings (SSSR count). The Morgan fingerprint density at radius 3 is 2.43 bits per heavy atom. The van der Waals surface area contributed by atoms with E-state index in [0.29, 0.717) is 23.6 Å². The van der Waals surface area contributed by atoms with E-state index in [1.807, 2.05) is 30.3 Å². The van der Waals surface area contributed by atoms with Crippen LogP contribution in [0.3, 0.4) is 0 Å². The first kappa shape index (κ1) is 19.2. The Kier molecular flexibility index (Phi) is 6.41. The molecule has 3 aromatic carbocycles. The monoisotopic (exact) mass is 375 g/mol. The molecule has 0 saturated heterocycles. The third-order valence-corrected chi connectivity index (χ3v) is 4.05. The Balaban J connectivity index is 1.52. The number of benzene rings is 3. The zero-order valence-corrected chi connectivity index (χ0v) is 15.5. The minimum Gasteiger partial charge on any atom is -0.489 e. The molecule has 142 valence electrons. The molecule has 28 heavy (non-hydrogen) atoms. The van der Waals surface area contributed by atoms with E-state index in [1.54, 1.807) is 55.5 Å². The summed E-state index contributed by atoms with van der Waals surface area (Å²) in [5, 5.41) is 2.80. The molecule has 0 aliphatic carbocycles. The van der Waals surface area contributed by atoms with Crippen LogP contribution in [0.1, 0.15) is 22.8 Å². The van der Waals surface area contributed by atoms with Crippen LogP contribution in [-0.4, -0.2) is 18.3 Å². The second-order valence-corrected chi connectivity index (χ2v) is 6.24. The minimum atomic E-state index is -0.712. The summed E-state index contributed by atoms with van der Waals surface area (Å²) in [6.07, 6.45) is 0.0230. The van der Waals surface area contributed by atoms with Gasteiger partial charge in [0.2, 0.25) is 0 Å². The van der Waals surface area contributed by atoms with E-state index in [9.17, 15) is 9.59 Å². The fourth-order valence-electron chi connectivity index (χ4n) is 2.54. The van der Waals surface area contributed by atoms with Crippen LogP contribution in [0, 0.1) is 0 Å². The summed E-state index contributed by atoms with van der Waals surface area (Å²) in [5.41, 5.74) is 2.23. The number of aldehydes is 1. The van der Waals surface area contributed by atoms with E-state index in [1.165, 1.54) is 0 Å². The van der Waals surface area contributed by atoms with Gasteiger partial charge in [0.05, 0.1) is 0 Å². The highest BCUT2D eigenvalue weighted by Crippen LogP contribution is 2.18. The van der Waals surface area contributed by atoms with Crippen LogP contribution in [0.15, 0.2) is 78.9 Å². The van der Waals surface area contributed by atoms with Gasteiger partial charge in [-0.2, -0.15) is 0 Å². The molecular formula is C23H21NO4. The minimum absolute atomic E-state index is 0.283. The predicted octanol–water partition coefficient (Wildman–Crippen LogP) is 4.48. The van der Waals surface area contributed by atoms with E-state index in [0.717, 1.165) is 17.6 Å². The molecule has 5 heteroatoms. The number of hydrogen-bond donors (Lipinski definition) is 1. The highest BCUT2D eigenvalue weighted by molar-refractivity contribution is 5.94. The van der Waals surface area contributed by atoms with Crippen molar-refractivity contribution in [3.63, 3.8) is 0 Å². The smallest absolute Gasteiger partial charge is 0.265 e. The molecule has 0 aliphatic rings. The molecule has 0 fully saturated rings. The zero-order valence-electron chi connectivity index (χ0n) is 15.5. The van der Waals surface area contributed by atoms with Crippen molar-refractivity contribution < 1.29 is 19.1 Å². The summed E-state index contributed by atoms with van der Waals surface area (Å²) >= 11 is 0. The number of ether oxygens (including phenoxy) is 2. The third-order valence-electron chi connectivity index (χ3n) is 4.05. The standard InChI is InChI=1S/C23H21NO4/c1-17(28-22-9-5-8-19(14-22)15-25)23(26)24-20-10-12-21(13-11-20)27-16-18-6-3-2-4-7-18/h2-15,17H,16H2,1H3,(H,24,26)/t17-/m0/s1. The van der Waals surface area contributed by atoms with Crippen LogP contribution in [0.25, 0.3) is 0 Å². The maximum Gasteiger partial charge on any atom is 0.265 e. The summed E-state index contributed by atoms with van der Waals surface area (Å²) in [6.45, 7) is 2.14. The first-order valence-electron chi connectivity index (χ1n) is 8.93. The number of anilines is 1. The Bertz CT molecular complexity index is 923. The molecule has 0 radical (unpaired) electrons. The lowest BCUT2D eigenvalue weighted by atomic mass is 10.2. The third kappa shape index (κ3) is 5.45. The molecule has 5 nitrogen and oxygen atoms in total. The molecule has 0 heterocycles. The Morgan fingerprint density at radius 1 is 0.964 bits per heavy atom. The van der Waals surface area contributed by atoms with Crippen LogP contribution >= 0.6 is 0 Å². The van der Waals surface area contributed by atoms with Gasteiger partial charge in [-0.25, -0.2) is 0 Å². The average molecular weight is 375 g/mol. The van der Waals surface area contributed by atoms with E-state index >= 15 is 0 Å². The summed E-state index contributed by atoms with van der Waals surface area (Å²) in [4.78, 5) is 23.2. The van der Waals surface area contributed by atoms with E-state index in [2.05, 4.69) is 5.32 Å². The molecule has 0 unspecified atom stereocenters. The summed E-state index contributed by atoms with van der Waals surface area (Å²) in [6, 6.07) is 23.7. The van der Waals surface area contributed by atoms with Crippen LogP contribution in [0.5, 0.6) is 11.5 Å². The molecule has 1 atom stereocenters. The van der Waals surface area contributed by atoms with Gasteiger partial charge in [0.15, 0.2) is 6.10 Å². The SMILES string of the molecule is C[C@H](Oc1cccc(C=O)c1)C(=O)Nc1ccc(OCc2ccccc2)cc1. The lowest BCUT2D eigenvalue weighted by Gasteiger charge is -2.15. The van der Waals surface area contributed by atoms with E-state index in [-0.39, 0.29) is 5.91 Å². The van der Waals surface area contributed by atoms with E-state index < -0.39 is 6.10 Å². The normalized spacial score (nSPS) is 11.3. The predicted molar refractivity (Wildman–Crippen MR) is 108 cm³/mol. The molecule has 1 amide bonds. The van der Waals surface area contributed by atoms with Crippen LogP contribution in [0.2, 0.25) is 0 Å². The van der Waals surface area contributed by atoms with Crippen LogP contribution in [0.4, 0.5) is 5.69 Å². The number of carbonyl (C=O) groups excluding carboxylic acids is 2. The highest BCUT2D eigenvalue weighted by atomic mass is 16.5. The first-order valence-corrected chi connectivity index (χ1v) is 8.93. The molecule has 0 spiro atoms. The second-order valence-electron chi connectivity index (χ2n) is 6.24. The Labute approximate surface area is 163 Å². The lowest BCUT2D eigenvalue weighted by molar-refractivity contribution is -0.122. The van der Waals surface area contributed by atoms with Crippen molar-refractivity contribution in [2.24, 2.45) is 0 Å². The fourth-order valence-corrected chi connectivity index (χ4v) is 2.54. The van der Waals surface area contributed by atoms with Gasteiger partial charge in [0, 0.05) is 11.3 Å². The van der Waals surface area contributed by atoms with Crippen LogP contribution in [-0.2, 0) is 11.4 Å². The van der Waals surface area contributed by atoms with Gasteiger partial charge < -0.3 is 14.8 Å². The number of carbonyl (C=O) groups is 2. The maximum atomic E-state index is 12.3. The van der Waals surface area contributed by atoms with Gasteiger partial charge in [-0.15, -0.1) is 0 Å². The molecule has 0 aliphatic heterocycles. The molecule has 0 saturated carbocycles. The van der Waals surface area contributed by atoms with Gasteiger partial charge in [-0.05, 0) is 48.9 Å². The average Bonchev–Trinajstić information content (AvgIpc) is 2.74. The maximum absolute atomic E-state index is 12.3. The number of rotatable bonds is 8. The summed E-state index contributed by atoms with van der Waals surface area (Å²) < 4.78 is 11.3. The van der Waals surface area contributed by atoms with E-state index in [4.69, 9.17) is 9.47 Å². The van der Waals surface area contributed by atoms with Crippen molar-refractivity contribution in [3.8, 4) is 11.5 Å². The van der Waals surface area contributed by atoms with Crippen molar-refractivity contribution in [3.05, 3.63) is 90.0 Å². The zero-order chi connectivity index (χ0) is 19.8. The largest absolute Gasteiger partial charge is 0.489 e. The van der Waals surface area contributed by atoms with Gasteiger partial charge in [-0.1, -0.05) is 42.5 Å². The van der Waals surface area contributed by atoms with Crippen molar-refractivity contribution in [2.75, 3.05) is 5.32 Å². The van der Waals surface area contributed by atoms with Gasteiger partial charge in [0.25, 0.3) is 5.91 Å². The van der Waals surface area contributed by atoms with Crippen molar-refractivity contribution in [1.29, 1.82) is 0 Å². The summed E-state index contributed by atoms with van der Waals surface area (Å²) in [5.74, 6) is 0.906. The number of hydrogen-bond acceptors (Lipinski definition) is 4. The molecule has 3 aromatic rings. The fraction of sp³-hybridized carbons (Fsp3) is 0.130. The molecular weight excluding hydrogens is 354 g/mol. The quantitative estimate of drug-likeness (QED) is 0.590. The molecule has 1 N–H and O–H groups in total. The molecule has 0 aromatic heterocycles. The van der Waals surface area contributed by atoms with Gasteiger partial charge >= 0.3 is 0 Å². The van der Waals surface area contributed by atoms with Crippen molar-refractivity contribution >= 4 is 17.9 Å². The molecule has 0 bridgehead atoms. The van der Waals surface area contributed by atoms with Crippen molar-refractivity contribution in [2.45, 2.75) is 19.6 Å².